The van der Waals surface area contributed by atoms with Crippen molar-refractivity contribution in [1.29, 1.82) is 0 Å². The van der Waals surface area contributed by atoms with Crippen LogP contribution in [-0.4, -0.2) is 10.9 Å². The van der Waals surface area contributed by atoms with E-state index in [1.807, 2.05) is 12.1 Å². The Labute approximate surface area is 108 Å². The number of rotatable bonds is 3. The lowest BCUT2D eigenvalue weighted by molar-refractivity contribution is -0.122. The molecule has 4 heteroatoms. The highest BCUT2D eigenvalue weighted by atomic mass is 16.2. The smallest absolute Gasteiger partial charge is 0.229 e. The first-order valence-electron chi connectivity index (χ1n) is 6.49. The highest BCUT2D eigenvalue weighted by molar-refractivity contribution is 5.92. The van der Waals surface area contributed by atoms with E-state index in [-0.39, 0.29) is 17.2 Å². The average Bonchev–Trinajstić information content (AvgIpc) is 2.70. The molecule has 0 aromatic carbocycles. The summed E-state index contributed by atoms with van der Waals surface area (Å²) in [5.74, 6) is 0.791. The summed E-state index contributed by atoms with van der Waals surface area (Å²) in [6.07, 6.45) is 4.92. The van der Waals surface area contributed by atoms with Gasteiger partial charge >= 0.3 is 0 Å². The van der Waals surface area contributed by atoms with Gasteiger partial charge in [0, 0.05) is 18.7 Å². The van der Waals surface area contributed by atoms with Crippen molar-refractivity contribution in [2.75, 3.05) is 5.32 Å². The Morgan fingerprint density at radius 2 is 2.33 bits per heavy atom. The van der Waals surface area contributed by atoms with Crippen LogP contribution in [0.25, 0.3) is 0 Å². The van der Waals surface area contributed by atoms with Gasteiger partial charge in [-0.1, -0.05) is 26.3 Å². The highest BCUT2D eigenvalue weighted by Crippen LogP contribution is 2.42. The largest absolute Gasteiger partial charge is 0.326 e. The predicted octanol–water partition coefficient (Wildman–Crippen LogP) is 2.31. The zero-order valence-corrected chi connectivity index (χ0v) is 11.1. The third kappa shape index (κ3) is 2.70. The molecule has 2 rings (SSSR count). The van der Waals surface area contributed by atoms with Gasteiger partial charge in [0.05, 0.1) is 0 Å². The summed E-state index contributed by atoms with van der Waals surface area (Å²) in [7, 11) is 0. The summed E-state index contributed by atoms with van der Waals surface area (Å²) < 4.78 is 0. The second-order valence-corrected chi connectivity index (χ2v) is 5.68. The van der Waals surface area contributed by atoms with Gasteiger partial charge in [0.1, 0.15) is 5.82 Å². The van der Waals surface area contributed by atoms with E-state index in [1.54, 1.807) is 6.20 Å². The Hall–Kier alpha value is -1.42. The molecule has 0 saturated heterocycles. The fourth-order valence-electron chi connectivity index (χ4n) is 2.65. The second kappa shape index (κ2) is 5.06. The van der Waals surface area contributed by atoms with Crippen LogP contribution in [0.3, 0.4) is 0 Å². The summed E-state index contributed by atoms with van der Waals surface area (Å²) in [6, 6.07) is 3.70. The number of nitrogens with one attached hydrogen (secondary N) is 1. The van der Waals surface area contributed by atoms with Gasteiger partial charge in [-0.25, -0.2) is 4.98 Å². The molecule has 1 unspecified atom stereocenters. The number of nitrogens with two attached hydrogens (primary N) is 1. The minimum absolute atomic E-state index is 0.0884. The van der Waals surface area contributed by atoms with Crippen LogP contribution >= 0.6 is 0 Å². The van der Waals surface area contributed by atoms with E-state index in [4.69, 9.17) is 5.73 Å². The molecule has 1 atom stereocenters. The monoisotopic (exact) mass is 247 g/mol. The van der Waals surface area contributed by atoms with Crippen LogP contribution in [0.2, 0.25) is 0 Å². The fraction of sp³-hybridized carbons (Fsp3) is 0.571. The van der Waals surface area contributed by atoms with Crippen LogP contribution < -0.4 is 11.1 Å². The topological polar surface area (TPSA) is 68.0 Å². The summed E-state index contributed by atoms with van der Waals surface area (Å²) in [5, 5.41) is 2.90. The standard InChI is InChI=1S/C14H21N3O/c1-14(2)7-3-4-11(14)13(18)17-12-6-5-10(8-15)9-16-12/h5-6,9,11H,3-4,7-8,15H2,1-2H3,(H,16,17,18). The molecule has 1 heterocycles. The van der Waals surface area contributed by atoms with Crippen molar-refractivity contribution in [3.63, 3.8) is 0 Å². The minimum Gasteiger partial charge on any atom is -0.326 e. The van der Waals surface area contributed by atoms with Gasteiger partial charge in [-0.05, 0) is 29.9 Å². The molecular formula is C14H21N3O. The second-order valence-electron chi connectivity index (χ2n) is 5.68. The van der Waals surface area contributed by atoms with Crippen LogP contribution in [0.1, 0.15) is 38.7 Å². The van der Waals surface area contributed by atoms with Crippen LogP contribution in [0.15, 0.2) is 18.3 Å². The third-order valence-corrected chi connectivity index (χ3v) is 3.89. The maximum atomic E-state index is 12.2. The summed E-state index contributed by atoms with van der Waals surface area (Å²) >= 11 is 0. The van der Waals surface area contributed by atoms with E-state index in [9.17, 15) is 4.79 Å². The average molecular weight is 247 g/mol. The number of pyridine rings is 1. The first-order valence-corrected chi connectivity index (χ1v) is 6.49. The fourth-order valence-corrected chi connectivity index (χ4v) is 2.65. The number of carbonyl (C=O) groups is 1. The Morgan fingerprint density at radius 1 is 1.56 bits per heavy atom. The van der Waals surface area contributed by atoms with E-state index in [0.29, 0.717) is 12.4 Å². The molecule has 1 aromatic heterocycles. The molecule has 98 valence electrons. The quantitative estimate of drug-likeness (QED) is 0.861. The van der Waals surface area contributed by atoms with Gasteiger partial charge in [-0.2, -0.15) is 0 Å². The highest BCUT2D eigenvalue weighted by Gasteiger charge is 2.39. The van der Waals surface area contributed by atoms with Crippen LogP contribution in [0.4, 0.5) is 5.82 Å². The first kappa shape index (κ1) is 13.0. The van der Waals surface area contributed by atoms with Crippen molar-refractivity contribution in [2.24, 2.45) is 17.1 Å². The molecule has 1 aromatic rings. The van der Waals surface area contributed by atoms with Crippen molar-refractivity contribution >= 4 is 11.7 Å². The normalized spacial score (nSPS) is 21.8. The van der Waals surface area contributed by atoms with Crippen LogP contribution in [-0.2, 0) is 11.3 Å². The van der Waals surface area contributed by atoms with Crippen molar-refractivity contribution in [2.45, 2.75) is 39.7 Å². The number of nitrogens with zero attached hydrogens (tertiary/aromatic N) is 1. The number of anilines is 1. The molecule has 18 heavy (non-hydrogen) atoms. The summed E-state index contributed by atoms with van der Waals surface area (Å²) in [4.78, 5) is 16.4. The molecule has 0 bridgehead atoms. The molecule has 4 nitrogen and oxygen atoms in total. The van der Waals surface area contributed by atoms with Gasteiger partial charge in [0.2, 0.25) is 5.91 Å². The summed E-state index contributed by atoms with van der Waals surface area (Å²) in [5.41, 5.74) is 6.57. The number of hydrogen-bond donors (Lipinski definition) is 2. The van der Waals surface area contributed by atoms with Crippen molar-refractivity contribution in [3.8, 4) is 0 Å². The number of amides is 1. The van der Waals surface area contributed by atoms with Crippen molar-refractivity contribution in [1.82, 2.24) is 4.98 Å². The summed E-state index contributed by atoms with van der Waals surface area (Å²) in [6.45, 7) is 4.79. The lowest BCUT2D eigenvalue weighted by atomic mass is 9.81. The zero-order chi connectivity index (χ0) is 13.2. The molecule has 0 spiro atoms. The van der Waals surface area contributed by atoms with Gasteiger partial charge in [-0.15, -0.1) is 0 Å². The Balaban J connectivity index is 2.02. The zero-order valence-electron chi connectivity index (χ0n) is 11.1. The van der Waals surface area contributed by atoms with E-state index in [0.717, 1.165) is 24.8 Å². The number of hydrogen-bond acceptors (Lipinski definition) is 3. The number of carbonyl (C=O) groups excluding carboxylic acids is 1. The van der Waals surface area contributed by atoms with Gasteiger partial charge in [0.25, 0.3) is 0 Å². The Kier molecular flexibility index (Phi) is 3.66. The van der Waals surface area contributed by atoms with Crippen molar-refractivity contribution < 1.29 is 4.79 Å². The van der Waals surface area contributed by atoms with E-state index in [2.05, 4.69) is 24.1 Å². The first-order chi connectivity index (χ1) is 8.53. The number of aromatic nitrogens is 1. The maximum Gasteiger partial charge on any atom is 0.229 e. The Morgan fingerprint density at radius 3 is 2.83 bits per heavy atom. The predicted molar refractivity (Wildman–Crippen MR) is 71.9 cm³/mol. The molecule has 1 saturated carbocycles. The maximum absolute atomic E-state index is 12.2. The van der Waals surface area contributed by atoms with Gasteiger partial charge in [-0.3, -0.25) is 4.79 Å². The van der Waals surface area contributed by atoms with E-state index in [1.165, 1.54) is 0 Å². The lowest BCUT2D eigenvalue weighted by Gasteiger charge is -2.25. The Bertz CT molecular complexity index is 425. The SMILES string of the molecule is CC1(C)CCCC1C(=O)Nc1ccc(CN)cn1. The molecule has 1 aliphatic rings. The molecule has 1 aliphatic carbocycles. The van der Waals surface area contributed by atoms with Crippen LogP contribution in [0.5, 0.6) is 0 Å². The van der Waals surface area contributed by atoms with E-state index < -0.39 is 0 Å². The minimum atomic E-state index is 0.0884. The molecule has 1 amide bonds. The lowest BCUT2D eigenvalue weighted by Crippen LogP contribution is -2.31. The van der Waals surface area contributed by atoms with Gasteiger partial charge in [0.15, 0.2) is 0 Å². The van der Waals surface area contributed by atoms with Crippen LogP contribution in [0, 0.1) is 11.3 Å². The third-order valence-electron chi connectivity index (χ3n) is 3.89. The molecule has 1 fully saturated rings. The molecule has 0 radical (unpaired) electrons. The van der Waals surface area contributed by atoms with E-state index >= 15 is 0 Å². The molecule has 3 N–H and O–H groups in total. The molecular weight excluding hydrogens is 226 g/mol. The molecule has 0 aliphatic heterocycles. The van der Waals surface area contributed by atoms with Crippen molar-refractivity contribution in [3.05, 3.63) is 23.9 Å². The van der Waals surface area contributed by atoms with Gasteiger partial charge < -0.3 is 11.1 Å².